The summed E-state index contributed by atoms with van der Waals surface area (Å²) >= 11 is 0. The van der Waals surface area contributed by atoms with Gasteiger partial charge in [0.1, 0.15) is 12.4 Å². The molecule has 9 heteroatoms. The predicted octanol–water partition coefficient (Wildman–Crippen LogP) is 4.01. The quantitative estimate of drug-likeness (QED) is 0.449. The molecule has 0 bridgehead atoms. The summed E-state index contributed by atoms with van der Waals surface area (Å²) in [4.78, 5) is 26.9. The molecule has 0 radical (unpaired) electrons. The molecule has 1 amide bonds. The molecule has 1 atom stereocenters. The highest BCUT2D eigenvalue weighted by Crippen LogP contribution is 2.46. The number of hydrogen-bond acceptors (Lipinski definition) is 7. The number of nitrogens with zero attached hydrogens (tertiary/aromatic N) is 3. The Labute approximate surface area is 199 Å². The first-order chi connectivity index (χ1) is 16.3. The molecule has 180 valence electrons. The molecule has 3 N–H and O–H groups in total. The highest BCUT2D eigenvalue weighted by Gasteiger charge is 2.50. The number of nitrogens with one attached hydrogen (secondary N) is 3. The van der Waals surface area contributed by atoms with Gasteiger partial charge in [-0.1, -0.05) is 17.4 Å². The van der Waals surface area contributed by atoms with E-state index < -0.39 is 0 Å². The number of esters is 1. The fourth-order valence-corrected chi connectivity index (χ4v) is 5.98. The third-order valence-electron chi connectivity index (χ3n) is 8.16. The van der Waals surface area contributed by atoms with Gasteiger partial charge in [-0.3, -0.25) is 10.2 Å². The van der Waals surface area contributed by atoms with Gasteiger partial charge in [0.05, 0.1) is 22.4 Å². The zero-order valence-corrected chi connectivity index (χ0v) is 19.8. The molecule has 3 heterocycles. The summed E-state index contributed by atoms with van der Waals surface area (Å²) < 4.78 is 5.12. The van der Waals surface area contributed by atoms with E-state index >= 15 is 0 Å². The van der Waals surface area contributed by atoms with Crippen LogP contribution in [0.1, 0.15) is 69.5 Å². The summed E-state index contributed by atoms with van der Waals surface area (Å²) in [6, 6.07) is 6.70. The molecule has 1 aliphatic carbocycles. The Balaban J connectivity index is 1.21. The molecule has 34 heavy (non-hydrogen) atoms. The Kier molecular flexibility index (Phi) is 5.75. The number of amidine groups is 1. The predicted molar refractivity (Wildman–Crippen MR) is 126 cm³/mol. The molecule has 3 aliphatic heterocycles. The van der Waals surface area contributed by atoms with Gasteiger partial charge in [-0.15, -0.1) is 0 Å². The number of aryl methyl sites for hydroxylation is 1. The van der Waals surface area contributed by atoms with E-state index in [1.54, 1.807) is 11.8 Å². The van der Waals surface area contributed by atoms with Gasteiger partial charge in [0.15, 0.2) is 0 Å². The fraction of sp³-hybridized carbons (Fsp3) is 0.560. The standard InChI is InChI=1S/C25H32N6O3/c1-15-21(14-34-23(15)32)30-12-11-25(24(30)33)9-7-19(8-10-25)28-16(2)17-3-5-20-18(13-17)4-6-22(26)31(20)29-27/h3,5,13,16,19,26-28H,4,6-12,14H2,1-2H3/t16-,19-,25-/m1/s1. The molecule has 0 unspecified atom stereocenters. The monoisotopic (exact) mass is 464 g/mol. The molecule has 5 rings (SSSR count). The van der Waals surface area contributed by atoms with E-state index in [-0.39, 0.29) is 29.9 Å². The Morgan fingerprint density at radius 2 is 1.97 bits per heavy atom. The number of ether oxygens (including phenoxy) is 1. The zero-order chi connectivity index (χ0) is 24.0. The van der Waals surface area contributed by atoms with Crippen LogP contribution in [0.2, 0.25) is 0 Å². The average Bonchev–Trinajstić information content (AvgIpc) is 3.33. The first-order valence-corrected chi connectivity index (χ1v) is 12.2. The minimum atomic E-state index is -0.312. The summed E-state index contributed by atoms with van der Waals surface area (Å²) in [5, 5.41) is 16.7. The lowest BCUT2D eigenvalue weighted by Gasteiger charge is -2.37. The van der Waals surface area contributed by atoms with Crippen molar-refractivity contribution in [3.63, 3.8) is 0 Å². The first-order valence-electron chi connectivity index (χ1n) is 12.2. The van der Waals surface area contributed by atoms with Crippen LogP contribution < -0.4 is 10.3 Å². The number of likely N-dealkylation sites (tertiary alicyclic amines) is 1. The van der Waals surface area contributed by atoms with Crippen molar-refractivity contribution >= 4 is 23.4 Å². The average molecular weight is 465 g/mol. The van der Waals surface area contributed by atoms with Crippen molar-refractivity contribution in [2.45, 2.75) is 70.9 Å². The van der Waals surface area contributed by atoms with Gasteiger partial charge in [0.25, 0.3) is 0 Å². The van der Waals surface area contributed by atoms with Gasteiger partial charge in [-0.05, 0) is 69.6 Å². The third-order valence-corrected chi connectivity index (χ3v) is 8.16. The number of amides is 1. The number of hydrogen-bond donors (Lipinski definition) is 3. The number of carbonyl (C=O) groups excluding carboxylic acids is 2. The maximum absolute atomic E-state index is 13.3. The van der Waals surface area contributed by atoms with Crippen LogP contribution in [0.3, 0.4) is 0 Å². The van der Waals surface area contributed by atoms with Crippen molar-refractivity contribution in [1.82, 2.24) is 10.2 Å². The maximum atomic E-state index is 13.3. The summed E-state index contributed by atoms with van der Waals surface area (Å²) in [5.41, 5.74) is 11.5. The SMILES string of the molecule is CC1=C(N2CC[C@]3(CC[C@@H](N[C@H](C)c4ccc5c(c4)CCC(=N)N5N=N)CC3)C2=O)COC1=O. The van der Waals surface area contributed by atoms with E-state index in [2.05, 4.69) is 29.6 Å². The van der Waals surface area contributed by atoms with Crippen molar-refractivity contribution in [3.8, 4) is 0 Å². The minimum Gasteiger partial charge on any atom is -0.456 e. The molecule has 1 spiro atoms. The van der Waals surface area contributed by atoms with Crippen molar-refractivity contribution in [2.75, 3.05) is 18.2 Å². The molecule has 0 aromatic heterocycles. The van der Waals surface area contributed by atoms with Crippen LogP contribution in [0.5, 0.6) is 0 Å². The van der Waals surface area contributed by atoms with Crippen LogP contribution in [0.15, 0.2) is 34.7 Å². The molecule has 1 aromatic carbocycles. The highest BCUT2D eigenvalue weighted by atomic mass is 16.5. The fourth-order valence-electron chi connectivity index (χ4n) is 5.98. The van der Waals surface area contributed by atoms with E-state index in [1.807, 2.05) is 6.07 Å². The zero-order valence-electron chi connectivity index (χ0n) is 19.8. The molecular weight excluding hydrogens is 432 g/mol. The number of rotatable bonds is 5. The van der Waals surface area contributed by atoms with Crippen LogP contribution >= 0.6 is 0 Å². The second kappa shape index (κ2) is 8.61. The smallest absolute Gasteiger partial charge is 0.336 e. The first kappa shape index (κ1) is 22.7. The minimum absolute atomic E-state index is 0.163. The van der Waals surface area contributed by atoms with Gasteiger partial charge in [-0.2, -0.15) is 5.53 Å². The topological polar surface area (TPSA) is 122 Å². The summed E-state index contributed by atoms with van der Waals surface area (Å²) in [5.74, 6) is 0.209. The Bertz CT molecular complexity index is 1090. The van der Waals surface area contributed by atoms with Crippen LogP contribution in [-0.2, 0) is 20.7 Å². The van der Waals surface area contributed by atoms with Crippen molar-refractivity contribution in [2.24, 2.45) is 10.6 Å². The molecule has 9 nitrogen and oxygen atoms in total. The van der Waals surface area contributed by atoms with E-state index in [9.17, 15) is 9.59 Å². The van der Waals surface area contributed by atoms with Crippen LogP contribution in [-0.4, -0.2) is 41.8 Å². The van der Waals surface area contributed by atoms with Crippen LogP contribution in [0, 0.1) is 16.4 Å². The Morgan fingerprint density at radius 3 is 2.65 bits per heavy atom. The molecule has 1 saturated heterocycles. The van der Waals surface area contributed by atoms with Gasteiger partial charge < -0.3 is 15.0 Å². The van der Waals surface area contributed by atoms with E-state index in [4.69, 9.17) is 15.7 Å². The van der Waals surface area contributed by atoms with Crippen molar-refractivity contribution in [3.05, 3.63) is 40.6 Å². The lowest BCUT2D eigenvalue weighted by Crippen LogP contribution is -2.42. The largest absolute Gasteiger partial charge is 0.456 e. The Hall–Kier alpha value is -3.07. The normalized spacial score (nSPS) is 27.9. The summed E-state index contributed by atoms with van der Waals surface area (Å²) in [6.45, 7) is 4.79. The van der Waals surface area contributed by atoms with Crippen molar-refractivity contribution < 1.29 is 14.3 Å². The van der Waals surface area contributed by atoms with E-state index in [0.717, 1.165) is 55.5 Å². The second-order valence-corrected chi connectivity index (χ2v) is 10.0. The lowest BCUT2D eigenvalue weighted by molar-refractivity contribution is -0.138. The van der Waals surface area contributed by atoms with Gasteiger partial charge in [0, 0.05) is 25.0 Å². The van der Waals surface area contributed by atoms with E-state index in [1.165, 1.54) is 10.6 Å². The van der Waals surface area contributed by atoms with Gasteiger partial charge >= 0.3 is 5.97 Å². The molecule has 2 fully saturated rings. The molecular formula is C25H32N6O3. The van der Waals surface area contributed by atoms with Crippen LogP contribution in [0.4, 0.5) is 5.69 Å². The van der Waals surface area contributed by atoms with Crippen molar-refractivity contribution in [1.29, 1.82) is 10.9 Å². The lowest BCUT2D eigenvalue weighted by atomic mass is 9.71. The molecule has 1 aromatic rings. The Morgan fingerprint density at radius 1 is 1.21 bits per heavy atom. The number of anilines is 1. The number of benzene rings is 1. The summed E-state index contributed by atoms with van der Waals surface area (Å²) in [7, 11) is 0. The summed E-state index contributed by atoms with van der Waals surface area (Å²) in [6.07, 6.45) is 5.84. The highest BCUT2D eigenvalue weighted by molar-refractivity contribution is 5.97. The molecule has 4 aliphatic rings. The van der Waals surface area contributed by atoms with Gasteiger partial charge in [-0.25, -0.2) is 9.80 Å². The molecule has 1 saturated carbocycles. The number of carbonyl (C=O) groups is 2. The number of cyclic esters (lactones) is 1. The second-order valence-electron chi connectivity index (χ2n) is 10.0. The van der Waals surface area contributed by atoms with Gasteiger partial charge in [0.2, 0.25) is 5.91 Å². The third kappa shape index (κ3) is 3.72. The number of fused-ring (bicyclic) bond motifs is 1. The van der Waals surface area contributed by atoms with Crippen LogP contribution in [0.25, 0.3) is 0 Å². The van der Waals surface area contributed by atoms with E-state index in [0.29, 0.717) is 30.4 Å². The maximum Gasteiger partial charge on any atom is 0.336 e.